The molecular formula is C14H19N3O2. The molecule has 0 spiro atoms. The average Bonchev–Trinajstić information content (AvgIpc) is 2.87. The molecular weight excluding hydrogens is 242 g/mol. The second-order valence-corrected chi connectivity index (χ2v) is 4.53. The molecule has 0 aliphatic carbocycles. The minimum Gasteiger partial charge on any atom is -0.421 e. The topological polar surface area (TPSA) is 60.2 Å². The van der Waals surface area contributed by atoms with Crippen molar-refractivity contribution in [3.05, 3.63) is 47.7 Å². The Bertz CT molecular complexity index is 496. The monoisotopic (exact) mass is 261 g/mol. The van der Waals surface area contributed by atoms with E-state index in [0.29, 0.717) is 18.4 Å². The van der Waals surface area contributed by atoms with Crippen LogP contribution in [0.1, 0.15) is 37.2 Å². The van der Waals surface area contributed by atoms with E-state index in [1.807, 2.05) is 51.2 Å². The van der Waals surface area contributed by atoms with Crippen molar-refractivity contribution < 1.29 is 9.15 Å². The van der Waals surface area contributed by atoms with E-state index >= 15 is 0 Å². The molecule has 0 aliphatic heterocycles. The normalized spacial score (nSPS) is 12.8. The van der Waals surface area contributed by atoms with Crippen molar-refractivity contribution in [2.45, 2.75) is 32.6 Å². The summed E-state index contributed by atoms with van der Waals surface area (Å²) in [5.74, 6) is 1.05. The zero-order chi connectivity index (χ0) is 13.7. The first-order valence-electron chi connectivity index (χ1n) is 6.36. The Morgan fingerprint density at radius 1 is 1.21 bits per heavy atom. The molecule has 1 unspecified atom stereocenters. The maximum atomic E-state index is 5.63. The first kappa shape index (κ1) is 13.7. The number of hydrogen-bond acceptors (Lipinski definition) is 5. The zero-order valence-corrected chi connectivity index (χ0v) is 11.5. The zero-order valence-electron chi connectivity index (χ0n) is 11.5. The van der Waals surface area contributed by atoms with E-state index in [0.717, 1.165) is 5.56 Å². The first-order chi connectivity index (χ1) is 9.20. The van der Waals surface area contributed by atoms with Crippen LogP contribution in [0.25, 0.3) is 0 Å². The molecule has 5 nitrogen and oxygen atoms in total. The van der Waals surface area contributed by atoms with Gasteiger partial charge in [0.25, 0.3) is 0 Å². The molecule has 1 heterocycles. The van der Waals surface area contributed by atoms with Crippen LogP contribution in [0.2, 0.25) is 0 Å². The molecule has 0 amide bonds. The third-order valence-electron chi connectivity index (χ3n) is 2.69. The second-order valence-electron chi connectivity index (χ2n) is 4.53. The van der Waals surface area contributed by atoms with Crippen molar-refractivity contribution >= 4 is 0 Å². The van der Waals surface area contributed by atoms with E-state index in [1.165, 1.54) is 0 Å². The smallest absolute Gasteiger partial charge is 0.242 e. The molecule has 1 aromatic carbocycles. The SMILES string of the molecule is CNC(c1ccccc1)c1nnc(COC(C)C)o1. The van der Waals surface area contributed by atoms with E-state index in [9.17, 15) is 0 Å². The molecule has 19 heavy (non-hydrogen) atoms. The van der Waals surface area contributed by atoms with Gasteiger partial charge in [0.1, 0.15) is 12.6 Å². The molecule has 2 rings (SSSR count). The molecule has 2 aromatic rings. The Morgan fingerprint density at radius 3 is 2.58 bits per heavy atom. The van der Waals surface area contributed by atoms with Gasteiger partial charge in [0.15, 0.2) is 0 Å². The number of aromatic nitrogens is 2. The van der Waals surface area contributed by atoms with Crippen LogP contribution in [0, 0.1) is 0 Å². The predicted molar refractivity (Wildman–Crippen MR) is 71.6 cm³/mol. The highest BCUT2D eigenvalue weighted by atomic mass is 16.5. The van der Waals surface area contributed by atoms with Gasteiger partial charge in [-0.15, -0.1) is 10.2 Å². The Balaban J connectivity index is 2.12. The summed E-state index contributed by atoms with van der Waals surface area (Å²) in [5.41, 5.74) is 1.09. The molecule has 0 saturated carbocycles. The molecule has 102 valence electrons. The Kier molecular flexibility index (Phi) is 4.65. The van der Waals surface area contributed by atoms with E-state index in [1.54, 1.807) is 0 Å². The van der Waals surface area contributed by atoms with Crippen molar-refractivity contribution in [2.24, 2.45) is 0 Å². The molecule has 0 saturated heterocycles. The van der Waals surface area contributed by atoms with Crippen molar-refractivity contribution in [3.8, 4) is 0 Å². The number of nitrogens with one attached hydrogen (secondary N) is 1. The molecule has 1 atom stereocenters. The van der Waals surface area contributed by atoms with Crippen molar-refractivity contribution in [2.75, 3.05) is 7.05 Å². The molecule has 0 aliphatic rings. The first-order valence-corrected chi connectivity index (χ1v) is 6.36. The minimum atomic E-state index is -0.0958. The molecule has 1 N–H and O–H groups in total. The van der Waals surface area contributed by atoms with Gasteiger partial charge < -0.3 is 14.5 Å². The quantitative estimate of drug-likeness (QED) is 0.864. The van der Waals surface area contributed by atoms with Gasteiger partial charge in [-0.2, -0.15) is 0 Å². The summed E-state index contributed by atoms with van der Waals surface area (Å²) in [5, 5.41) is 11.3. The summed E-state index contributed by atoms with van der Waals surface area (Å²) in [6, 6.07) is 9.90. The highest BCUT2D eigenvalue weighted by Gasteiger charge is 2.18. The van der Waals surface area contributed by atoms with Crippen LogP contribution in [0.5, 0.6) is 0 Å². The summed E-state index contributed by atoms with van der Waals surface area (Å²) in [4.78, 5) is 0. The molecule has 0 bridgehead atoms. The standard InChI is InChI=1S/C14H19N3O2/c1-10(2)18-9-12-16-17-14(19-12)13(15-3)11-7-5-4-6-8-11/h4-8,10,13,15H,9H2,1-3H3. The fourth-order valence-corrected chi connectivity index (χ4v) is 1.76. The molecule has 0 fully saturated rings. The third kappa shape index (κ3) is 3.62. The molecule has 5 heteroatoms. The van der Waals surface area contributed by atoms with Crippen LogP contribution >= 0.6 is 0 Å². The summed E-state index contributed by atoms with van der Waals surface area (Å²) in [6.45, 7) is 4.28. The Hall–Kier alpha value is -1.72. The summed E-state index contributed by atoms with van der Waals surface area (Å²) in [7, 11) is 1.87. The highest BCUT2D eigenvalue weighted by molar-refractivity contribution is 5.23. The number of hydrogen-bond donors (Lipinski definition) is 1. The van der Waals surface area contributed by atoms with E-state index < -0.39 is 0 Å². The number of nitrogens with zero attached hydrogens (tertiary/aromatic N) is 2. The lowest BCUT2D eigenvalue weighted by atomic mass is 10.1. The summed E-state index contributed by atoms with van der Waals surface area (Å²) < 4.78 is 11.1. The minimum absolute atomic E-state index is 0.0958. The second kappa shape index (κ2) is 6.45. The maximum Gasteiger partial charge on any atom is 0.242 e. The van der Waals surface area contributed by atoms with Gasteiger partial charge in [0, 0.05) is 0 Å². The lowest BCUT2D eigenvalue weighted by Crippen LogP contribution is -2.17. The van der Waals surface area contributed by atoms with Gasteiger partial charge in [-0.05, 0) is 26.5 Å². The van der Waals surface area contributed by atoms with Crippen LogP contribution in [0.15, 0.2) is 34.7 Å². The molecule has 0 radical (unpaired) electrons. The van der Waals surface area contributed by atoms with Crippen molar-refractivity contribution in [3.63, 3.8) is 0 Å². The van der Waals surface area contributed by atoms with Gasteiger partial charge >= 0.3 is 0 Å². The van der Waals surface area contributed by atoms with E-state index in [-0.39, 0.29) is 12.1 Å². The van der Waals surface area contributed by atoms with Crippen LogP contribution < -0.4 is 5.32 Å². The maximum absolute atomic E-state index is 5.63. The van der Waals surface area contributed by atoms with Gasteiger partial charge in [-0.1, -0.05) is 30.3 Å². The predicted octanol–water partition coefficient (Wildman–Crippen LogP) is 2.30. The lowest BCUT2D eigenvalue weighted by molar-refractivity contribution is 0.0509. The van der Waals surface area contributed by atoms with Crippen LogP contribution in [-0.2, 0) is 11.3 Å². The summed E-state index contributed by atoms with van der Waals surface area (Å²) >= 11 is 0. The Morgan fingerprint density at radius 2 is 1.95 bits per heavy atom. The van der Waals surface area contributed by atoms with Crippen molar-refractivity contribution in [1.29, 1.82) is 0 Å². The van der Waals surface area contributed by atoms with Crippen molar-refractivity contribution in [1.82, 2.24) is 15.5 Å². The molecule has 1 aromatic heterocycles. The lowest BCUT2D eigenvalue weighted by Gasteiger charge is -2.11. The number of rotatable bonds is 6. The Labute approximate surface area is 113 Å². The highest BCUT2D eigenvalue weighted by Crippen LogP contribution is 2.20. The van der Waals surface area contributed by atoms with Gasteiger partial charge in [0.2, 0.25) is 11.8 Å². The largest absolute Gasteiger partial charge is 0.421 e. The third-order valence-corrected chi connectivity index (χ3v) is 2.69. The van der Waals surface area contributed by atoms with Gasteiger partial charge in [-0.25, -0.2) is 0 Å². The fourth-order valence-electron chi connectivity index (χ4n) is 1.76. The van der Waals surface area contributed by atoms with Crippen LogP contribution in [0.4, 0.5) is 0 Å². The summed E-state index contributed by atoms with van der Waals surface area (Å²) in [6.07, 6.45) is 0.143. The van der Waals surface area contributed by atoms with Gasteiger partial charge in [0.05, 0.1) is 6.10 Å². The number of ether oxygens (including phenoxy) is 1. The van der Waals surface area contributed by atoms with Gasteiger partial charge in [-0.3, -0.25) is 0 Å². The van der Waals surface area contributed by atoms with E-state index in [4.69, 9.17) is 9.15 Å². The van der Waals surface area contributed by atoms with E-state index in [2.05, 4.69) is 15.5 Å². The van der Waals surface area contributed by atoms with Crippen LogP contribution in [-0.4, -0.2) is 23.3 Å². The fraction of sp³-hybridized carbons (Fsp3) is 0.429. The number of benzene rings is 1. The van der Waals surface area contributed by atoms with Crippen LogP contribution in [0.3, 0.4) is 0 Å². The average molecular weight is 261 g/mol.